The van der Waals surface area contributed by atoms with Gasteiger partial charge >= 0.3 is 12.1 Å². The number of carbonyl (C=O) groups is 2. The van der Waals surface area contributed by atoms with Crippen molar-refractivity contribution in [2.45, 2.75) is 64.8 Å². The number of alkyl halides is 3. The summed E-state index contributed by atoms with van der Waals surface area (Å²) in [7, 11) is 1.72. The zero-order chi connectivity index (χ0) is 35.7. The lowest BCUT2D eigenvalue weighted by atomic mass is 9.98. The number of ether oxygens (including phenoxy) is 2. The minimum Gasteiger partial charge on any atom is -0.458 e. The molecular weight excluding hydrogens is 641 g/mol. The quantitative estimate of drug-likeness (QED) is 0.104. The van der Waals surface area contributed by atoms with Crippen LogP contribution in [0.3, 0.4) is 0 Å². The van der Waals surface area contributed by atoms with Crippen molar-refractivity contribution in [2.24, 2.45) is 0 Å². The van der Waals surface area contributed by atoms with E-state index in [0.717, 1.165) is 58.7 Å². The number of anilines is 3. The molecule has 0 spiro atoms. The standard InChI is InChI=1S/C36H41F3N4O4S/c1-34(2,3)47-32(44)23-46-20-8-7-19-41-28-14-9-25(10-15-28)26-11-16-29(17-12-26)42(6)35(4,5)33(45)43(24-48)30-18-13-27(22-40)31(21-30)36(37,38)39/h9-18,21,24,41H,7-8,19-20,23H2,1-6H3. The van der Waals surface area contributed by atoms with Crippen LogP contribution >= 0.6 is 12.2 Å². The number of hydrogen-bond donors (Lipinski definition) is 1. The first-order valence-electron chi connectivity index (χ1n) is 15.4. The Balaban J connectivity index is 1.58. The highest BCUT2D eigenvalue weighted by molar-refractivity contribution is 7.79. The Kier molecular flexibility index (Phi) is 12.7. The molecule has 48 heavy (non-hydrogen) atoms. The van der Waals surface area contributed by atoms with E-state index in [1.807, 2.05) is 69.3 Å². The van der Waals surface area contributed by atoms with Crippen LogP contribution in [0.2, 0.25) is 0 Å². The van der Waals surface area contributed by atoms with Gasteiger partial charge in [-0.3, -0.25) is 9.69 Å². The second kappa shape index (κ2) is 16.1. The predicted octanol–water partition coefficient (Wildman–Crippen LogP) is 8.00. The first-order valence-corrected chi connectivity index (χ1v) is 15.8. The van der Waals surface area contributed by atoms with Crippen LogP contribution in [0, 0.1) is 11.3 Å². The molecule has 0 aliphatic heterocycles. The number of amides is 1. The summed E-state index contributed by atoms with van der Waals surface area (Å²) in [5.74, 6) is -0.914. The number of carbonyl (C=O) groups excluding carboxylic acids is 2. The average molecular weight is 683 g/mol. The third-order valence-corrected chi connectivity index (χ3v) is 7.76. The molecule has 0 aliphatic rings. The van der Waals surface area contributed by atoms with E-state index in [2.05, 4.69) is 5.32 Å². The van der Waals surface area contributed by atoms with Gasteiger partial charge in [0.15, 0.2) is 0 Å². The molecule has 0 fully saturated rings. The highest BCUT2D eigenvalue weighted by Gasteiger charge is 2.38. The van der Waals surface area contributed by atoms with Gasteiger partial charge in [-0.25, -0.2) is 4.79 Å². The maximum Gasteiger partial charge on any atom is 0.417 e. The summed E-state index contributed by atoms with van der Waals surface area (Å²) in [6.45, 7) is 9.93. The molecule has 0 unspecified atom stereocenters. The largest absolute Gasteiger partial charge is 0.458 e. The van der Waals surface area contributed by atoms with Crippen LogP contribution < -0.4 is 15.1 Å². The molecule has 3 rings (SSSR count). The summed E-state index contributed by atoms with van der Waals surface area (Å²) in [5, 5.41) is 12.5. The lowest BCUT2D eigenvalue weighted by Crippen LogP contribution is -2.55. The lowest BCUT2D eigenvalue weighted by molar-refractivity contribution is -0.160. The summed E-state index contributed by atoms with van der Waals surface area (Å²) >= 11 is 5.04. The number of likely N-dealkylation sites (N-methyl/N-ethyl adjacent to an activating group) is 1. The number of unbranched alkanes of at least 4 members (excludes halogenated alkanes) is 1. The van der Waals surface area contributed by atoms with E-state index in [1.54, 1.807) is 31.9 Å². The van der Waals surface area contributed by atoms with Crippen molar-refractivity contribution >= 4 is 46.6 Å². The van der Waals surface area contributed by atoms with Crippen molar-refractivity contribution in [2.75, 3.05) is 41.9 Å². The molecule has 3 aromatic rings. The summed E-state index contributed by atoms with van der Waals surface area (Å²) in [6, 6.07) is 20.2. The first kappa shape index (κ1) is 38.0. The smallest absolute Gasteiger partial charge is 0.417 e. The van der Waals surface area contributed by atoms with Crippen molar-refractivity contribution in [3.8, 4) is 17.2 Å². The van der Waals surface area contributed by atoms with E-state index in [1.165, 1.54) is 6.07 Å². The van der Waals surface area contributed by atoms with Gasteiger partial charge in [0.05, 0.1) is 22.7 Å². The number of nitrogens with one attached hydrogen (secondary N) is 1. The minimum atomic E-state index is -4.77. The van der Waals surface area contributed by atoms with Gasteiger partial charge < -0.3 is 19.7 Å². The normalized spacial score (nSPS) is 11.8. The average Bonchev–Trinajstić information content (AvgIpc) is 3.03. The van der Waals surface area contributed by atoms with Crippen LogP contribution in [0.1, 0.15) is 58.6 Å². The van der Waals surface area contributed by atoms with Crippen molar-refractivity contribution in [3.63, 3.8) is 0 Å². The van der Waals surface area contributed by atoms with Gasteiger partial charge in [0.25, 0.3) is 5.91 Å². The highest BCUT2D eigenvalue weighted by atomic mass is 32.1. The molecule has 256 valence electrons. The van der Waals surface area contributed by atoms with Crippen molar-refractivity contribution in [1.29, 1.82) is 5.26 Å². The van der Waals surface area contributed by atoms with Crippen LogP contribution in [0.5, 0.6) is 0 Å². The van der Waals surface area contributed by atoms with Gasteiger partial charge in [0.2, 0.25) is 0 Å². The van der Waals surface area contributed by atoms with Crippen LogP contribution in [0.4, 0.5) is 30.2 Å². The third kappa shape index (κ3) is 10.3. The number of nitrogens with zero attached hydrogens (tertiary/aromatic N) is 3. The number of benzene rings is 3. The molecular formula is C36H41F3N4O4S. The molecule has 8 nitrogen and oxygen atoms in total. The van der Waals surface area contributed by atoms with Crippen LogP contribution in [-0.2, 0) is 25.2 Å². The van der Waals surface area contributed by atoms with Gasteiger partial charge in [-0.2, -0.15) is 18.4 Å². The summed E-state index contributed by atoms with van der Waals surface area (Å²) in [6.07, 6.45) is -3.10. The van der Waals surface area contributed by atoms with Crippen molar-refractivity contribution in [3.05, 3.63) is 77.9 Å². The first-order chi connectivity index (χ1) is 22.5. The number of hydrogen-bond acceptors (Lipinski definition) is 8. The zero-order valence-electron chi connectivity index (χ0n) is 28.0. The second-order valence-electron chi connectivity index (χ2n) is 12.6. The fraction of sp³-hybridized carbons (Fsp3) is 0.389. The molecule has 1 amide bonds. The van der Waals surface area contributed by atoms with Gasteiger partial charge in [0.1, 0.15) is 17.7 Å². The van der Waals surface area contributed by atoms with E-state index in [4.69, 9.17) is 27.0 Å². The third-order valence-electron chi connectivity index (χ3n) is 7.55. The Morgan fingerprint density at radius 1 is 0.917 bits per heavy atom. The Morgan fingerprint density at radius 2 is 1.50 bits per heavy atom. The Hall–Kier alpha value is -4.47. The molecule has 0 heterocycles. The molecule has 0 saturated heterocycles. The second-order valence-corrected chi connectivity index (χ2v) is 12.8. The highest BCUT2D eigenvalue weighted by Crippen LogP contribution is 2.35. The maximum atomic E-state index is 13.7. The summed E-state index contributed by atoms with van der Waals surface area (Å²) < 4.78 is 51.3. The summed E-state index contributed by atoms with van der Waals surface area (Å²) in [4.78, 5) is 28.1. The molecule has 0 radical (unpaired) electrons. The molecule has 0 saturated carbocycles. The van der Waals surface area contributed by atoms with Gasteiger partial charge in [-0.1, -0.05) is 36.5 Å². The fourth-order valence-corrected chi connectivity index (χ4v) is 4.96. The maximum absolute atomic E-state index is 13.7. The summed E-state index contributed by atoms with van der Waals surface area (Å²) in [5.41, 5.74) is 1.15. The van der Waals surface area contributed by atoms with E-state index in [0.29, 0.717) is 12.3 Å². The topological polar surface area (TPSA) is 94.9 Å². The van der Waals surface area contributed by atoms with E-state index in [-0.39, 0.29) is 18.3 Å². The monoisotopic (exact) mass is 682 g/mol. The predicted molar refractivity (Wildman–Crippen MR) is 186 cm³/mol. The lowest BCUT2D eigenvalue weighted by Gasteiger charge is -2.38. The number of rotatable bonds is 14. The SMILES string of the molecule is CN(c1ccc(-c2ccc(NCCCCOCC(=O)OC(C)(C)C)cc2)cc1)C(C)(C)C(=O)N(C=S)c1ccc(C#N)c(C(F)(F)F)c1. The molecule has 1 N–H and O–H groups in total. The minimum absolute atomic E-state index is 0.0549. The molecule has 0 atom stereocenters. The Labute approximate surface area is 285 Å². The molecule has 0 aromatic heterocycles. The van der Waals surface area contributed by atoms with E-state index in [9.17, 15) is 22.8 Å². The number of esters is 1. The van der Waals surface area contributed by atoms with E-state index < -0.39 is 34.4 Å². The number of halogens is 3. The Bertz CT molecular complexity index is 1610. The Morgan fingerprint density at radius 3 is 2.04 bits per heavy atom. The molecule has 12 heteroatoms. The van der Waals surface area contributed by atoms with Gasteiger partial charge in [-0.05, 0) is 101 Å². The molecule has 3 aromatic carbocycles. The van der Waals surface area contributed by atoms with Crippen LogP contribution in [0.15, 0.2) is 66.7 Å². The zero-order valence-corrected chi connectivity index (χ0v) is 28.8. The number of thiocarbonyl (C=S) groups is 1. The molecule has 0 aliphatic carbocycles. The van der Waals surface area contributed by atoms with Crippen LogP contribution in [-0.4, -0.2) is 55.3 Å². The van der Waals surface area contributed by atoms with Gasteiger partial charge in [0, 0.05) is 37.3 Å². The van der Waals surface area contributed by atoms with Crippen LogP contribution in [0.25, 0.3) is 11.1 Å². The van der Waals surface area contributed by atoms with E-state index >= 15 is 0 Å². The number of nitriles is 1. The molecule has 0 bridgehead atoms. The van der Waals surface area contributed by atoms with Crippen molar-refractivity contribution in [1.82, 2.24) is 0 Å². The van der Waals surface area contributed by atoms with Crippen molar-refractivity contribution < 1.29 is 32.2 Å². The van der Waals surface area contributed by atoms with Gasteiger partial charge in [-0.15, -0.1) is 0 Å². The fourth-order valence-electron chi connectivity index (χ4n) is 4.75.